The molecular formula is C13H20N2O4S. The second-order valence-electron chi connectivity index (χ2n) is 4.31. The van der Waals surface area contributed by atoms with Gasteiger partial charge in [0.1, 0.15) is 6.04 Å². The fourth-order valence-electron chi connectivity index (χ4n) is 1.68. The van der Waals surface area contributed by atoms with Gasteiger partial charge >= 0.3 is 5.97 Å². The van der Waals surface area contributed by atoms with Crippen molar-refractivity contribution in [2.75, 3.05) is 12.3 Å². The zero-order chi connectivity index (χ0) is 15.3. The van der Waals surface area contributed by atoms with Crippen LogP contribution in [0.4, 0.5) is 5.69 Å². The lowest BCUT2D eigenvalue weighted by Gasteiger charge is -2.14. The van der Waals surface area contributed by atoms with Crippen molar-refractivity contribution in [2.45, 2.75) is 38.1 Å². The fourth-order valence-corrected chi connectivity index (χ4v) is 2.91. The predicted octanol–water partition coefficient (Wildman–Crippen LogP) is 1.06. The fraction of sp³-hybridized carbons (Fsp3) is 0.462. The van der Waals surface area contributed by atoms with E-state index in [2.05, 4.69) is 4.72 Å². The number of nitrogens with two attached hydrogens (primary N) is 1. The maximum Gasteiger partial charge on any atom is 0.323 e. The normalized spacial score (nSPS) is 12.9. The first-order chi connectivity index (χ1) is 9.31. The van der Waals surface area contributed by atoms with Crippen molar-refractivity contribution in [1.29, 1.82) is 0 Å². The van der Waals surface area contributed by atoms with Crippen LogP contribution in [0, 0.1) is 0 Å². The quantitative estimate of drug-likeness (QED) is 0.604. The van der Waals surface area contributed by atoms with Crippen molar-refractivity contribution in [2.24, 2.45) is 0 Å². The Kier molecular flexibility index (Phi) is 5.52. The highest BCUT2D eigenvalue weighted by Crippen LogP contribution is 2.18. The van der Waals surface area contributed by atoms with E-state index >= 15 is 0 Å². The first-order valence-corrected chi connectivity index (χ1v) is 7.87. The lowest BCUT2D eigenvalue weighted by Crippen LogP contribution is -2.39. The van der Waals surface area contributed by atoms with Crippen LogP contribution in [-0.4, -0.2) is 27.0 Å². The maximum atomic E-state index is 12.1. The summed E-state index contributed by atoms with van der Waals surface area (Å²) in [5.41, 5.74) is 7.08. The molecule has 1 unspecified atom stereocenters. The lowest BCUT2D eigenvalue weighted by molar-refractivity contribution is -0.144. The number of carbonyl (C=O) groups is 1. The molecule has 1 rings (SSSR count). The molecule has 0 fully saturated rings. The smallest absolute Gasteiger partial charge is 0.323 e. The highest BCUT2D eigenvalue weighted by Gasteiger charge is 2.23. The standard InChI is InChI=1S/C13H20N2O4S/c1-4-10-6-7-11(8-12(10)14)20(17,18)15-9(3)13(16)19-5-2/h6-9,15H,4-5,14H2,1-3H3. The highest BCUT2D eigenvalue weighted by molar-refractivity contribution is 7.89. The van der Waals surface area contributed by atoms with Gasteiger partial charge in [0.2, 0.25) is 10.0 Å². The van der Waals surface area contributed by atoms with Gasteiger partial charge < -0.3 is 10.5 Å². The van der Waals surface area contributed by atoms with Gasteiger partial charge in [0.25, 0.3) is 0 Å². The van der Waals surface area contributed by atoms with Crippen molar-refractivity contribution >= 4 is 21.7 Å². The molecule has 7 heteroatoms. The monoisotopic (exact) mass is 300 g/mol. The summed E-state index contributed by atoms with van der Waals surface area (Å²) in [6.45, 7) is 5.21. The van der Waals surface area contributed by atoms with E-state index < -0.39 is 22.0 Å². The third-order valence-electron chi connectivity index (χ3n) is 2.78. The first kappa shape index (κ1) is 16.5. The zero-order valence-corrected chi connectivity index (χ0v) is 12.7. The molecule has 6 nitrogen and oxygen atoms in total. The molecule has 0 radical (unpaired) electrons. The Morgan fingerprint density at radius 3 is 2.55 bits per heavy atom. The second-order valence-corrected chi connectivity index (χ2v) is 6.02. The topological polar surface area (TPSA) is 98.5 Å². The molecular weight excluding hydrogens is 280 g/mol. The van der Waals surface area contributed by atoms with Gasteiger partial charge in [-0.05, 0) is 38.0 Å². The first-order valence-electron chi connectivity index (χ1n) is 6.39. The number of aryl methyl sites for hydroxylation is 1. The minimum atomic E-state index is -3.80. The Balaban J connectivity index is 2.94. The summed E-state index contributed by atoms with van der Waals surface area (Å²) in [5, 5.41) is 0. The van der Waals surface area contributed by atoms with Gasteiger partial charge in [0, 0.05) is 5.69 Å². The molecule has 1 aromatic carbocycles. The summed E-state index contributed by atoms with van der Waals surface area (Å²) in [5.74, 6) is -0.616. The number of hydrogen-bond acceptors (Lipinski definition) is 5. The van der Waals surface area contributed by atoms with Crippen molar-refractivity contribution < 1.29 is 17.9 Å². The second kappa shape index (κ2) is 6.71. The average Bonchev–Trinajstić information content (AvgIpc) is 2.38. The van der Waals surface area contributed by atoms with E-state index in [0.29, 0.717) is 5.69 Å². The zero-order valence-electron chi connectivity index (χ0n) is 11.8. The summed E-state index contributed by atoms with van der Waals surface area (Å²) in [4.78, 5) is 11.5. The van der Waals surface area contributed by atoms with Crippen molar-refractivity contribution in [3.8, 4) is 0 Å². The summed E-state index contributed by atoms with van der Waals surface area (Å²) < 4.78 is 31.3. The molecule has 20 heavy (non-hydrogen) atoms. The largest absolute Gasteiger partial charge is 0.465 e. The molecule has 0 amide bonds. The molecule has 0 heterocycles. The van der Waals surface area contributed by atoms with Crippen LogP contribution < -0.4 is 10.5 Å². The van der Waals surface area contributed by atoms with Crippen LogP contribution in [0.5, 0.6) is 0 Å². The van der Waals surface area contributed by atoms with Gasteiger partial charge in [-0.2, -0.15) is 4.72 Å². The number of carbonyl (C=O) groups excluding carboxylic acids is 1. The number of esters is 1. The maximum absolute atomic E-state index is 12.1. The Labute approximate surface area is 119 Å². The van der Waals surface area contributed by atoms with Gasteiger partial charge in [-0.25, -0.2) is 8.42 Å². The molecule has 1 aromatic rings. The minimum absolute atomic E-state index is 0.0309. The Morgan fingerprint density at radius 1 is 1.40 bits per heavy atom. The van der Waals surface area contributed by atoms with Gasteiger partial charge in [0.05, 0.1) is 11.5 Å². The Bertz CT molecular complexity index is 584. The molecule has 0 aromatic heterocycles. The van der Waals surface area contributed by atoms with E-state index in [-0.39, 0.29) is 11.5 Å². The number of ether oxygens (including phenoxy) is 1. The summed E-state index contributed by atoms with van der Waals surface area (Å²) in [6, 6.07) is 3.57. The molecule has 3 N–H and O–H groups in total. The Hall–Kier alpha value is -1.60. The van der Waals surface area contributed by atoms with E-state index in [1.54, 1.807) is 13.0 Å². The van der Waals surface area contributed by atoms with Crippen LogP contribution in [0.15, 0.2) is 23.1 Å². The summed E-state index contributed by atoms with van der Waals surface area (Å²) in [7, 11) is -3.80. The molecule has 0 aliphatic carbocycles. The molecule has 0 aliphatic heterocycles. The van der Waals surface area contributed by atoms with Crippen LogP contribution in [-0.2, 0) is 26.0 Å². The average molecular weight is 300 g/mol. The van der Waals surface area contributed by atoms with E-state index in [1.165, 1.54) is 19.1 Å². The van der Waals surface area contributed by atoms with Crippen molar-refractivity contribution in [1.82, 2.24) is 4.72 Å². The number of sulfonamides is 1. The molecule has 0 saturated carbocycles. The van der Waals surface area contributed by atoms with Crippen LogP contribution >= 0.6 is 0 Å². The summed E-state index contributed by atoms with van der Waals surface area (Å²) in [6.07, 6.45) is 0.721. The number of nitrogens with one attached hydrogen (secondary N) is 1. The van der Waals surface area contributed by atoms with Crippen LogP contribution in [0.1, 0.15) is 26.3 Å². The van der Waals surface area contributed by atoms with E-state index in [4.69, 9.17) is 10.5 Å². The lowest BCUT2D eigenvalue weighted by atomic mass is 10.1. The van der Waals surface area contributed by atoms with Gasteiger partial charge in [-0.1, -0.05) is 13.0 Å². The number of rotatable bonds is 6. The van der Waals surface area contributed by atoms with Crippen LogP contribution in [0.2, 0.25) is 0 Å². The molecule has 1 atom stereocenters. The number of benzene rings is 1. The van der Waals surface area contributed by atoms with Crippen molar-refractivity contribution in [3.63, 3.8) is 0 Å². The molecule has 0 saturated heterocycles. The van der Waals surface area contributed by atoms with Crippen LogP contribution in [0.3, 0.4) is 0 Å². The van der Waals surface area contributed by atoms with E-state index in [0.717, 1.165) is 12.0 Å². The third kappa shape index (κ3) is 3.94. The number of anilines is 1. The molecule has 112 valence electrons. The van der Waals surface area contributed by atoms with Gasteiger partial charge in [0.15, 0.2) is 0 Å². The predicted molar refractivity (Wildman–Crippen MR) is 76.6 cm³/mol. The minimum Gasteiger partial charge on any atom is -0.465 e. The number of hydrogen-bond donors (Lipinski definition) is 2. The number of nitrogen functional groups attached to an aromatic ring is 1. The Morgan fingerprint density at radius 2 is 2.05 bits per heavy atom. The SMILES string of the molecule is CCOC(=O)C(C)NS(=O)(=O)c1ccc(CC)c(N)c1. The highest BCUT2D eigenvalue weighted by atomic mass is 32.2. The third-order valence-corrected chi connectivity index (χ3v) is 4.32. The van der Waals surface area contributed by atoms with Crippen molar-refractivity contribution in [3.05, 3.63) is 23.8 Å². The van der Waals surface area contributed by atoms with Gasteiger partial charge in [-0.3, -0.25) is 4.79 Å². The summed E-state index contributed by atoms with van der Waals surface area (Å²) >= 11 is 0. The van der Waals surface area contributed by atoms with E-state index in [9.17, 15) is 13.2 Å². The molecule has 0 aliphatic rings. The molecule has 0 spiro atoms. The van der Waals surface area contributed by atoms with Crippen LogP contribution in [0.25, 0.3) is 0 Å². The van der Waals surface area contributed by atoms with Gasteiger partial charge in [-0.15, -0.1) is 0 Å². The van der Waals surface area contributed by atoms with E-state index in [1.807, 2.05) is 6.92 Å². The molecule has 0 bridgehead atoms.